The molecule has 0 spiro atoms. The number of rotatable bonds is 3. The zero-order valence-electron chi connectivity index (χ0n) is 11.1. The first-order valence-corrected chi connectivity index (χ1v) is 7.62. The van der Waals surface area contributed by atoms with Crippen LogP contribution in [0.5, 0.6) is 0 Å². The van der Waals surface area contributed by atoms with Gasteiger partial charge in [-0.3, -0.25) is 4.79 Å². The summed E-state index contributed by atoms with van der Waals surface area (Å²) < 4.78 is 13.9. The Morgan fingerprint density at radius 2 is 2.15 bits per heavy atom. The highest BCUT2D eigenvalue weighted by atomic mass is 32.1. The molecule has 106 valence electrons. The number of anilines is 1. The van der Waals surface area contributed by atoms with Gasteiger partial charge in [-0.1, -0.05) is 11.3 Å². The number of hydrogen-bond donors (Lipinski definition) is 1. The number of carbonyl (C=O) groups excluding carboxylic acids is 1. The van der Waals surface area contributed by atoms with Crippen LogP contribution in [0.15, 0.2) is 18.2 Å². The summed E-state index contributed by atoms with van der Waals surface area (Å²) in [7, 11) is 0. The molecular formula is C14H16FN3OS. The standard InChI is InChI=1S/C14H16FN3OS/c15-10-4-5-11-12(8-10)20-14(17-11)16-9-13(19)18-6-2-1-3-7-18/h4-5,8H,1-3,6-7,9H2,(H,16,17). The van der Waals surface area contributed by atoms with E-state index in [9.17, 15) is 9.18 Å². The quantitative estimate of drug-likeness (QED) is 0.946. The second-order valence-electron chi connectivity index (χ2n) is 4.93. The minimum Gasteiger partial charge on any atom is -0.352 e. The molecule has 0 atom stereocenters. The molecule has 4 nitrogen and oxygen atoms in total. The monoisotopic (exact) mass is 293 g/mol. The molecule has 0 aliphatic carbocycles. The van der Waals surface area contributed by atoms with Gasteiger partial charge >= 0.3 is 0 Å². The van der Waals surface area contributed by atoms with E-state index >= 15 is 0 Å². The minimum atomic E-state index is -0.267. The summed E-state index contributed by atoms with van der Waals surface area (Å²) in [5, 5.41) is 3.71. The number of likely N-dealkylation sites (tertiary alicyclic amines) is 1. The van der Waals surface area contributed by atoms with Gasteiger partial charge < -0.3 is 10.2 Å². The van der Waals surface area contributed by atoms with Crippen molar-refractivity contribution in [2.24, 2.45) is 0 Å². The maximum absolute atomic E-state index is 13.1. The third-order valence-electron chi connectivity index (χ3n) is 3.45. The average Bonchev–Trinajstić information content (AvgIpc) is 2.87. The van der Waals surface area contributed by atoms with Crippen molar-refractivity contribution in [3.05, 3.63) is 24.0 Å². The fraction of sp³-hybridized carbons (Fsp3) is 0.429. The van der Waals surface area contributed by atoms with Crippen molar-refractivity contribution < 1.29 is 9.18 Å². The van der Waals surface area contributed by atoms with Crippen molar-refractivity contribution in [2.45, 2.75) is 19.3 Å². The molecule has 1 fully saturated rings. The lowest BCUT2D eigenvalue weighted by Crippen LogP contribution is -2.39. The second-order valence-corrected chi connectivity index (χ2v) is 5.96. The molecule has 2 heterocycles. The maximum Gasteiger partial charge on any atom is 0.241 e. The van der Waals surface area contributed by atoms with Crippen LogP contribution in [0.4, 0.5) is 9.52 Å². The Morgan fingerprint density at radius 1 is 1.35 bits per heavy atom. The number of piperidine rings is 1. The van der Waals surface area contributed by atoms with Crippen LogP contribution in [-0.4, -0.2) is 35.4 Å². The predicted molar refractivity (Wildman–Crippen MR) is 78.5 cm³/mol. The number of halogens is 1. The summed E-state index contributed by atoms with van der Waals surface area (Å²) in [4.78, 5) is 18.3. The number of aromatic nitrogens is 1. The highest BCUT2D eigenvalue weighted by Crippen LogP contribution is 2.26. The number of hydrogen-bond acceptors (Lipinski definition) is 4. The lowest BCUT2D eigenvalue weighted by Gasteiger charge is -2.26. The SMILES string of the molecule is O=C(CNc1nc2ccc(F)cc2s1)N1CCCCC1. The average molecular weight is 293 g/mol. The number of carbonyl (C=O) groups is 1. The molecule has 1 aromatic heterocycles. The molecule has 1 amide bonds. The normalized spacial score (nSPS) is 15.6. The Bertz CT molecular complexity index is 622. The van der Waals surface area contributed by atoms with Gasteiger partial charge in [-0.2, -0.15) is 0 Å². The predicted octanol–water partition coefficient (Wildman–Crippen LogP) is 2.86. The highest BCUT2D eigenvalue weighted by molar-refractivity contribution is 7.22. The number of thiazole rings is 1. The number of fused-ring (bicyclic) bond motifs is 1. The van der Waals surface area contributed by atoms with Gasteiger partial charge in [0.05, 0.1) is 16.8 Å². The van der Waals surface area contributed by atoms with Gasteiger partial charge in [-0.05, 0) is 37.5 Å². The summed E-state index contributed by atoms with van der Waals surface area (Å²) in [6, 6.07) is 4.51. The molecule has 0 bridgehead atoms. The van der Waals surface area contributed by atoms with E-state index < -0.39 is 0 Å². The molecule has 3 rings (SSSR count). The summed E-state index contributed by atoms with van der Waals surface area (Å²) in [6.07, 6.45) is 3.39. The zero-order chi connectivity index (χ0) is 13.9. The lowest BCUT2D eigenvalue weighted by atomic mass is 10.1. The van der Waals surface area contributed by atoms with E-state index in [4.69, 9.17) is 0 Å². The summed E-state index contributed by atoms with van der Waals surface area (Å²) >= 11 is 1.37. The van der Waals surface area contributed by atoms with E-state index in [1.54, 1.807) is 6.07 Å². The summed E-state index contributed by atoms with van der Waals surface area (Å²) in [5.74, 6) is -0.160. The third-order valence-corrected chi connectivity index (χ3v) is 4.43. The molecule has 6 heteroatoms. The molecule has 0 unspecified atom stereocenters. The third kappa shape index (κ3) is 2.90. The second kappa shape index (κ2) is 5.75. The summed E-state index contributed by atoms with van der Waals surface area (Å²) in [6.45, 7) is 1.96. The van der Waals surface area contributed by atoms with Gasteiger partial charge in [0.2, 0.25) is 5.91 Å². The number of benzene rings is 1. The minimum absolute atomic E-state index is 0.107. The van der Waals surface area contributed by atoms with Crippen molar-refractivity contribution in [1.82, 2.24) is 9.88 Å². The van der Waals surface area contributed by atoms with E-state index in [2.05, 4.69) is 10.3 Å². The molecule has 20 heavy (non-hydrogen) atoms. The van der Waals surface area contributed by atoms with Gasteiger partial charge in [-0.25, -0.2) is 9.37 Å². The zero-order valence-corrected chi connectivity index (χ0v) is 11.9. The number of nitrogens with one attached hydrogen (secondary N) is 1. The first-order valence-electron chi connectivity index (χ1n) is 6.80. The van der Waals surface area contributed by atoms with Crippen molar-refractivity contribution >= 4 is 32.6 Å². The van der Waals surface area contributed by atoms with Gasteiger partial charge in [0.1, 0.15) is 5.82 Å². The Balaban J connectivity index is 1.63. The van der Waals surface area contributed by atoms with Crippen LogP contribution in [0.1, 0.15) is 19.3 Å². The van der Waals surface area contributed by atoms with Gasteiger partial charge in [-0.15, -0.1) is 0 Å². The molecular weight excluding hydrogens is 277 g/mol. The van der Waals surface area contributed by atoms with Gasteiger partial charge in [0.25, 0.3) is 0 Å². The first-order chi connectivity index (χ1) is 9.72. The van der Waals surface area contributed by atoms with E-state index in [-0.39, 0.29) is 18.3 Å². The molecule has 0 radical (unpaired) electrons. The largest absolute Gasteiger partial charge is 0.352 e. The fourth-order valence-corrected chi connectivity index (χ4v) is 3.27. The van der Waals surface area contributed by atoms with E-state index in [1.807, 2.05) is 4.90 Å². The Morgan fingerprint density at radius 3 is 2.95 bits per heavy atom. The number of amides is 1. The molecule has 1 N–H and O–H groups in total. The Labute approximate surface area is 120 Å². The van der Waals surface area contributed by atoms with E-state index in [0.717, 1.165) is 36.1 Å². The lowest BCUT2D eigenvalue weighted by molar-refractivity contribution is -0.130. The molecule has 0 saturated carbocycles. The molecule has 1 saturated heterocycles. The first kappa shape index (κ1) is 13.3. The van der Waals surface area contributed by atoms with Crippen LogP contribution < -0.4 is 5.32 Å². The number of nitrogens with zero attached hydrogens (tertiary/aromatic N) is 2. The van der Waals surface area contributed by atoms with Crippen LogP contribution in [0, 0.1) is 5.82 Å². The van der Waals surface area contributed by atoms with E-state index in [1.165, 1.54) is 29.9 Å². The molecule has 1 aliphatic heterocycles. The van der Waals surface area contributed by atoms with Crippen molar-refractivity contribution in [3.63, 3.8) is 0 Å². The molecule has 2 aromatic rings. The molecule has 1 aliphatic rings. The van der Waals surface area contributed by atoms with Crippen molar-refractivity contribution in [3.8, 4) is 0 Å². The van der Waals surface area contributed by atoms with Gasteiger partial charge in [0.15, 0.2) is 5.13 Å². The Kier molecular flexibility index (Phi) is 3.82. The molecule has 1 aromatic carbocycles. The van der Waals surface area contributed by atoms with Crippen molar-refractivity contribution in [1.29, 1.82) is 0 Å². The smallest absolute Gasteiger partial charge is 0.241 e. The van der Waals surface area contributed by atoms with Crippen LogP contribution in [0.2, 0.25) is 0 Å². The van der Waals surface area contributed by atoms with E-state index in [0.29, 0.717) is 5.13 Å². The highest BCUT2D eigenvalue weighted by Gasteiger charge is 2.16. The van der Waals surface area contributed by atoms with Crippen LogP contribution in [0.25, 0.3) is 10.2 Å². The summed E-state index contributed by atoms with van der Waals surface area (Å²) in [5.41, 5.74) is 0.754. The van der Waals surface area contributed by atoms with Crippen molar-refractivity contribution in [2.75, 3.05) is 25.0 Å². The fourth-order valence-electron chi connectivity index (χ4n) is 2.38. The Hall–Kier alpha value is -1.69. The van der Waals surface area contributed by atoms with Crippen LogP contribution in [0.3, 0.4) is 0 Å². The van der Waals surface area contributed by atoms with Crippen LogP contribution in [-0.2, 0) is 4.79 Å². The van der Waals surface area contributed by atoms with Crippen LogP contribution >= 0.6 is 11.3 Å². The topological polar surface area (TPSA) is 45.2 Å². The maximum atomic E-state index is 13.1. The van der Waals surface area contributed by atoms with Gasteiger partial charge in [0, 0.05) is 13.1 Å².